The third-order valence-corrected chi connectivity index (χ3v) is 4.68. The van der Waals surface area contributed by atoms with E-state index in [0.29, 0.717) is 42.9 Å². The Balaban J connectivity index is 1.83. The molecule has 0 spiro atoms. The average molecular weight is 449 g/mol. The van der Waals surface area contributed by atoms with Crippen LogP contribution >= 0.6 is 23.4 Å². The third-order valence-electron chi connectivity index (χ3n) is 4.32. The molecule has 0 amide bonds. The van der Waals surface area contributed by atoms with Gasteiger partial charge in [0, 0.05) is 44.9 Å². The Labute approximate surface area is 184 Å². The maximum Gasteiger partial charge on any atom is 0.338 e. The second-order valence-corrected chi connectivity index (χ2v) is 7.73. The van der Waals surface area contributed by atoms with Crippen molar-refractivity contribution in [2.75, 3.05) is 25.9 Å². The van der Waals surface area contributed by atoms with Gasteiger partial charge in [-0.05, 0) is 29.8 Å². The summed E-state index contributed by atoms with van der Waals surface area (Å²) in [4.78, 5) is 20.7. The Morgan fingerprint density at radius 2 is 2.03 bits per heavy atom. The van der Waals surface area contributed by atoms with Gasteiger partial charge in [-0.3, -0.25) is 4.68 Å². The van der Waals surface area contributed by atoms with Crippen molar-refractivity contribution in [3.63, 3.8) is 0 Å². The zero-order chi connectivity index (χ0) is 21.7. The molecular weight excluding hydrogens is 427 g/mol. The van der Waals surface area contributed by atoms with Gasteiger partial charge in [-0.1, -0.05) is 29.8 Å². The fourth-order valence-electron chi connectivity index (χ4n) is 3.04. The number of aryl methyl sites for hydroxylation is 1. The zero-order valence-electron chi connectivity index (χ0n) is 16.7. The first-order chi connectivity index (χ1) is 14.3. The number of ether oxygens (including phenoxy) is 1. The van der Waals surface area contributed by atoms with E-state index in [2.05, 4.69) is 15.1 Å². The summed E-state index contributed by atoms with van der Waals surface area (Å²) in [6.45, 7) is 0.918. The van der Waals surface area contributed by atoms with Crippen molar-refractivity contribution in [1.29, 1.82) is 0 Å². The molecule has 0 fully saturated rings. The van der Waals surface area contributed by atoms with Crippen molar-refractivity contribution in [3.05, 3.63) is 58.4 Å². The van der Waals surface area contributed by atoms with Crippen LogP contribution in [-0.4, -0.2) is 50.3 Å². The van der Waals surface area contributed by atoms with E-state index in [-0.39, 0.29) is 17.1 Å². The molecule has 0 bridgehead atoms. The molecule has 0 radical (unpaired) electrons. The molecule has 10 heteroatoms. The summed E-state index contributed by atoms with van der Waals surface area (Å²) in [5.74, 6) is -0.303. The second-order valence-electron chi connectivity index (χ2n) is 6.76. The van der Waals surface area contributed by atoms with Crippen LogP contribution in [0.25, 0.3) is 11.4 Å². The highest BCUT2D eigenvalue weighted by atomic mass is 35.5. The van der Waals surface area contributed by atoms with Crippen molar-refractivity contribution in [2.24, 2.45) is 7.05 Å². The molecule has 8 nitrogen and oxygen atoms in total. The largest absolute Gasteiger partial charge is 0.462 e. The average Bonchev–Trinajstić information content (AvgIpc) is 3.05. The summed E-state index contributed by atoms with van der Waals surface area (Å²) in [7, 11) is 3.57. The maximum absolute atomic E-state index is 12.6. The van der Waals surface area contributed by atoms with E-state index in [1.165, 1.54) is 4.42 Å². The van der Waals surface area contributed by atoms with E-state index in [1.807, 2.05) is 31.4 Å². The van der Waals surface area contributed by atoms with Gasteiger partial charge in [-0.15, -0.1) is 0 Å². The highest BCUT2D eigenvalue weighted by molar-refractivity contribution is 6.29. The number of carbonyl (C=O) groups excluding carboxylic acids is 1. The SMILES string of the molecule is CN(Cl)CCCOC(=O)c1ccccc1Cc1cn(C)nc1-c1cc(Cl)nc(N)n1. The highest BCUT2D eigenvalue weighted by Crippen LogP contribution is 2.26. The van der Waals surface area contributed by atoms with Gasteiger partial charge < -0.3 is 10.5 Å². The monoisotopic (exact) mass is 448 g/mol. The number of anilines is 1. The summed E-state index contributed by atoms with van der Waals surface area (Å²) in [5, 5.41) is 4.73. The number of hydrogen-bond acceptors (Lipinski definition) is 7. The number of benzene rings is 1. The van der Waals surface area contributed by atoms with E-state index >= 15 is 0 Å². The molecule has 0 aliphatic heterocycles. The molecule has 3 aromatic rings. The summed E-state index contributed by atoms with van der Waals surface area (Å²) >= 11 is 11.8. The van der Waals surface area contributed by atoms with Crippen molar-refractivity contribution in [2.45, 2.75) is 12.8 Å². The molecule has 0 saturated heterocycles. The molecule has 2 N–H and O–H groups in total. The standard InChI is InChI=1S/C20H22Cl2N6O2/c1-27(22)8-5-9-30-19(29)15-7-4-3-6-13(15)10-14-12-28(2)26-18(14)16-11-17(21)25-20(23)24-16/h3-4,6-7,11-12H,5,8-10H2,1-2H3,(H2,23,24,25). The number of nitrogens with two attached hydrogens (primary N) is 1. The fourth-order valence-corrected chi connectivity index (χ4v) is 3.35. The number of aromatic nitrogens is 4. The molecule has 3 rings (SSSR count). The minimum atomic E-state index is -0.373. The maximum atomic E-state index is 12.6. The number of carbonyl (C=O) groups is 1. The Morgan fingerprint density at radius 3 is 2.77 bits per heavy atom. The summed E-state index contributed by atoms with van der Waals surface area (Å²) < 4.78 is 8.62. The molecule has 1 aromatic carbocycles. The summed E-state index contributed by atoms with van der Waals surface area (Å²) in [5.41, 5.74) is 9.08. The number of hydrogen-bond donors (Lipinski definition) is 1. The topological polar surface area (TPSA) is 99.2 Å². The first kappa shape index (κ1) is 22.0. The molecular formula is C20H22Cl2N6O2. The Kier molecular flexibility index (Phi) is 7.25. The summed E-state index contributed by atoms with van der Waals surface area (Å²) in [6, 6.07) is 8.94. The van der Waals surface area contributed by atoms with Gasteiger partial charge in [0.1, 0.15) is 10.8 Å². The molecule has 2 aromatic heterocycles. The van der Waals surface area contributed by atoms with E-state index in [9.17, 15) is 4.79 Å². The number of nitrogens with zero attached hydrogens (tertiary/aromatic N) is 5. The molecule has 0 aliphatic rings. The van der Waals surface area contributed by atoms with Crippen LogP contribution in [0.2, 0.25) is 5.15 Å². The van der Waals surface area contributed by atoms with Crippen molar-refractivity contribution in [1.82, 2.24) is 24.2 Å². The van der Waals surface area contributed by atoms with Gasteiger partial charge in [0.15, 0.2) is 0 Å². The first-order valence-corrected chi connectivity index (χ1v) is 10.00. The van der Waals surface area contributed by atoms with Gasteiger partial charge >= 0.3 is 5.97 Å². The number of nitrogen functional groups attached to an aromatic ring is 1. The van der Waals surface area contributed by atoms with E-state index in [0.717, 1.165) is 11.1 Å². The van der Waals surface area contributed by atoms with Gasteiger partial charge in [-0.25, -0.2) is 19.2 Å². The molecule has 158 valence electrons. The number of halogens is 2. The minimum Gasteiger partial charge on any atom is -0.462 e. The predicted octanol–water partition coefficient (Wildman–Crippen LogP) is 3.34. The van der Waals surface area contributed by atoms with Gasteiger partial charge in [0.05, 0.1) is 17.9 Å². The van der Waals surface area contributed by atoms with Crippen LogP contribution in [0.15, 0.2) is 36.5 Å². The molecule has 0 atom stereocenters. The third kappa shape index (κ3) is 5.69. The number of rotatable bonds is 8. The van der Waals surface area contributed by atoms with Crippen LogP contribution in [0, 0.1) is 0 Å². The van der Waals surface area contributed by atoms with Crippen LogP contribution in [0.1, 0.15) is 27.9 Å². The number of esters is 1. The lowest BCUT2D eigenvalue weighted by atomic mass is 9.99. The van der Waals surface area contributed by atoms with Crippen LogP contribution in [0.4, 0.5) is 5.95 Å². The summed E-state index contributed by atoms with van der Waals surface area (Å²) in [6.07, 6.45) is 2.98. The van der Waals surface area contributed by atoms with Crippen molar-refractivity contribution < 1.29 is 9.53 Å². The lowest BCUT2D eigenvalue weighted by Gasteiger charge is -2.11. The van der Waals surface area contributed by atoms with Gasteiger partial charge in [0.25, 0.3) is 0 Å². The first-order valence-electron chi connectivity index (χ1n) is 9.28. The van der Waals surface area contributed by atoms with Crippen LogP contribution in [0.5, 0.6) is 0 Å². The van der Waals surface area contributed by atoms with Crippen LogP contribution in [0.3, 0.4) is 0 Å². The quantitative estimate of drug-likeness (QED) is 0.244. The molecule has 0 saturated carbocycles. The smallest absolute Gasteiger partial charge is 0.338 e. The van der Waals surface area contributed by atoms with Crippen molar-refractivity contribution in [3.8, 4) is 11.4 Å². The molecule has 30 heavy (non-hydrogen) atoms. The highest BCUT2D eigenvalue weighted by Gasteiger charge is 2.18. The molecule has 0 unspecified atom stereocenters. The van der Waals surface area contributed by atoms with Crippen LogP contribution < -0.4 is 5.73 Å². The van der Waals surface area contributed by atoms with Gasteiger partial charge in [0.2, 0.25) is 5.95 Å². The second kappa shape index (κ2) is 9.88. The lowest BCUT2D eigenvalue weighted by molar-refractivity contribution is 0.0496. The Bertz CT molecular complexity index is 1020. The molecule has 2 heterocycles. The normalized spacial score (nSPS) is 11.1. The van der Waals surface area contributed by atoms with E-state index in [1.54, 1.807) is 23.9 Å². The van der Waals surface area contributed by atoms with Gasteiger partial charge in [-0.2, -0.15) is 5.10 Å². The minimum absolute atomic E-state index is 0.0701. The molecule has 0 aliphatic carbocycles. The predicted molar refractivity (Wildman–Crippen MR) is 116 cm³/mol. The Hall–Kier alpha value is -2.68. The van der Waals surface area contributed by atoms with E-state index < -0.39 is 0 Å². The van der Waals surface area contributed by atoms with Crippen molar-refractivity contribution >= 4 is 35.3 Å². The lowest BCUT2D eigenvalue weighted by Crippen LogP contribution is -2.13. The fraction of sp³-hybridized carbons (Fsp3) is 0.300. The van der Waals surface area contributed by atoms with E-state index in [4.69, 9.17) is 33.8 Å². The van der Waals surface area contributed by atoms with Crippen LogP contribution in [-0.2, 0) is 18.2 Å². The zero-order valence-corrected chi connectivity index (χ0v) is 18.2. The Morgan fingerprint density at radius 1 is 1.27 bits per heavy atom.